The molecule has 0 aromatic heterocycles. The zero-order valence-corrected chi connectivity index (χ0v) is 15.3. The summed E-state index contributed by atoms with van der Waals surface area (Å²) in [5.41, 5.74) is 5.61. The number of likely N-dealkylation sites (tertiary alicyclic amines) is 1. The van der Waals surface area contributed by atoms with Crippen LogP contribution in [0.1, 0.15) is 39.5 Å². The fraction of sp³-hybridized carbons (Fsp3) is 0.688. The molecule has 0 aromatic rings. The van der Waals surface area contributed by atoms with Crippen molar-refractivity contribution in [1.82, 2.24) is 15.5 Å². The van der Waals surface area contributed by atoms with Gasteiger partial charge in [-0.25, -0.2) is 0 Å². The molecule has 0 saturated carbocycles. The van der Waals surface area contributed by atoms with Crippen LogP contribution in [0.4, 0.5) is 0 Å². The van der Waals surface area contributed by atoms with Crippen molar-refractivity contribution in [3.63, 3.8) is 0 Å². The second-order valence-electron chi connectivity index (χ2n) is 6.53. The van der Waals surface area contributed by atoms with E-state index >= 15 is 0 Å². The van der Waals surface area contributed by atoms with Crippen LogP contribution in [-0.4, -0.2) is 75.5 Å². The van der Waals surface area contributed by atoms with Crippen LogP contribution >= 0.6 is 0 Å². The molecular weight excluding hydrogens is 360 g/mol. The van der Waals surface area contributed by atoms with Crippen molar-refractivity contribution in [2.75, 3.05) is 6.54 Å². The number of nitrogens with zero attached hydrogens (tertiary/aromatic N) is 1. The van der Waals surface area contributed by atoms with E-state index in [0.717, 1.165) is 0 Å². The molecule has 27 heavy (non-hydrogen) atoms. The Hall–Kier alpha value is -2.69. The quantitative estimate of drug-likeness (QED) is 0.310. The van der Waals surface area contributed by atoms with Gasteiger partial charge in [0.15, 0.2) is 0 Å². The minimum atomic E-state index is -1.18. The molecule has 0 aromatic carbocycles. The van der Waals surface area contributed by atoms with Crippen molar-refractivity contribution in [1.29, 1.82) is 0 Å². The van der Waals surface area contributed by atoms with Gasteiger partial charge in [-0.15, -0.1) is 0 Å². The Morgan fingerprint density at radius 3 is 2.30 bits per heavy atom. The normalized spacial score (nSPS) is 19.7. The number of carboxylic acid groups (broad SMARTS) is 2. The van der Waals surface area contributed by atoms with Crippen molar-refractivity contribution in [3.8, 4) is 0 Å². The van der Waals surface area contributed by atoms with Gasteiger partial charge in [0.2, 0.25) is 17.7 Å². The first-order valence-corrected chi connectivity index (χ1v) is 8.66. The number of carbonyl (C=O) groups excluding carboxylic acids is 3. The number of carbonyl (C=O) groups is 5. The summed E-state index contributed by atoms with van der Waals surface area (Å²) >= 11 is 0. The first-order chi connectivity index (χ1) is 12.5. The predicted octanol–water partition coefficient (Wildman–Crippen LogP) is -1.74. The number of carboxylic acids is 2. The van der Waals surface area contributed by atoms with E-state index in [1.807, 2.05) is 0 Å². The molecule has 1 heterocycles. The highest BCUT2D eigenvalue weighted by molar-refractivity contribution is 5.94. The summed E-state index contributed by atoms with van der Waals surface area (Å²) in [5, 5.41) is 22.2. The average molecular weight is 386 g/mol. The molecule has 0 spiro atoms. The third-order valence-corrected chi connectivity index (χ3v) is 4.30. The largest absolute Gasteiger partial charge is 0.481 e. The van der Waals surface area contributed by atoms with Crippen molar-refractivity contribution in [2.45, 2.75) is 63.7 Å². The molecule has 1 aliphatic heterocycles. The maximum atomic E-state index is 12.6. The molecule has 152 valence electrons. The molecule has 0 aliphatic carbocycles. The van der Waals surface area contributed by atoms with E-state index in [1.54, 1.807) is 0 Å². The zero-order chi connectivity index (χ0) is 20.7. The van der Waals surface area contributed by atoms with Crippen LogP contribution in [0, 0.1) is 0 Å². The Labute approximate surface area is 156 Å². The fourth-order valence-electron chi connectivity index (χ4n) is 2.72. The number of rotatable bonds is 9. The number of hydrogen-bond acceptors (Lipinski definition) is 6. The number of amides is 3. The van der Waals surface area contributed by atoms with Crippen LogP contribution in [0.5, 0.6) is 0 Å². The summed E-state index contributed by atoms with van der Waals surface area (Å²) in [6.07, 6.45) is 0.629. The van der Waals surface area contributed by atoms with Crippen LogP contribution in [0.15, 0.2) is 0 Å². The van der Waals surface area contributed by atoms with Gasteiger partial charge < -0.3 is 31.5 Å². The van der Waals surface area contributed by atoms with E-state index in [4.69, 9.17) is 15.9 Å². The van der Waals surface area contributed by atoms with Crippen molar-refractivity contribution >= 4 is 29.7 Å². The maximum Gasteiger partial charge on any atom is 0.325 e. The van der Waals surface area contributed by atoms with E-state index in [9.17, 15) is 24.0 Å². The molecule has 11 heteroatoms. The van der Waals surface area contributed by atoms with E-state index in [2.05, 4.69) is 10.6 Å². The van der Waals surface area contributed by atoms with Gasteiger partial charge >= 0.3 is 11.9 Å². The highest BCUT2D eigenvalue weighted by atomic mass is 16.4. The molecule has 0 radical (unpaired) electrons. The lowest BCUT2D eigenvalue weighted by atomic mass is 10.1. The fourth-order valence-corrected chi connectivity index (χ4v) is 2.72. The van der Waals surface area contributed by atoms with Gasteiger partial charge in [0.25, 0.3) is 0 Å². The van der Waals surface area contributed by atoms with Gasteiger partial charge in [-0.05, 0) is 33.1 Å². The van der Waals surface area contributed by atoms with Gasteiger partial charge in [0, 0.05) is 13.0 Å². The molecule has 1 saturated heterocycles. The smallest absolute Gasteiger partial charge is 0.325 e. The van der Waals surface area contributed by atoms with Gasteiger partial charge in [0.1, 0.15) is 18.1 Å². The van der Waals surface area contributed by atoms with E-state index in [0.29, 0.717) is 19.4 Å². The van der Waals surface area contributed by atoms with Crippen LogP contribution < -0.4 is 16.4 Å². The van der Waals surface area contributed by atoms with E-state index in [1.165, 1.54) is 18.7 Å². The van der Waals surface area contributed by atoms with Crippen LogP contribution in [0.3, 0.4) is 0 Å². The number of nitrogens with two attached hydrogens (primary N) is 1. The standard InChI is InChI=1S/C16H26N4O7/c1-8(18-13(23)10(17)5-6-12(21)22)15(25)20-7-3-4-11(20)14(24)19-9(2)16(26)27/h8-11H,3-7,17H2,1-2H3,(H,18,23)(H,19,24)(H,21,22)(H,26,27). The minimum Gasteiger partial charge on any atom is -0.481 e. The van der Waals surface area contributed by atoms with E-state index < -0.39 is 53.8 Å². The van der Waals surface area contributed by atoms with Crippen LogP contribution in [-0.2, 0) is 24.0 Å². The topological polar surface area (TPSA) is 179 Å². The first-order valence-electron chi connectivity index (χ1n) is 8.66. The van der Waals surface area contributed by atoms with Crippen molar-refractivity contribution in [2.24, 2.45) is 5.73 Å². The lowest BCUT2D eigenvalue weighted by molar-refractivity contribution is -0.144. The Balaban J connectivity index is 2.65. The second-order valence-corrected chi connectivity index (χ2v) is 6.53. The average Bonchev–Trinajstić information content (AvgIpc) is 3.08. The summed E-state index contributed by atoms with van der Waals surface area (Å²) in [6.45, 7) is 3.07. The molecule has 1 fully saturated rings. The lowest BCUT2D eigenvalue weighted by Crippen LogP contribution is -2.55. The lowest BCUT2D eigenvalue weighted by Gasteiger charge is -2.28. The Morgan fingerprint density at radius 1 is 1.11 bits per heavy atom. The van der Waals surface area contributed by atoms with Gasteiger partial charge in [-0.1, -0.05) is 0 Å². The summed E-state index contributed by atoms with van der Waals surface area (Å²) in [4.78, 5) is 59.5. The number of aliphatic carboxylic acids is 2. The van der Waals surface area contributed by atoms with Gasteiger partial charge in [0.05, 0.1) is 6.04 Å². The van der Waals surface area contributed by atoms with Crippen molar-refractivity contribution < 1.29 is 34.2 Å². The Morgan fingerprint density at radius 2 is 1.74 bits per heavy atom. The Bertz CT molecular complexity index is 610. The highest BCUT2D eigenvalue weighted by Gasteiger charge is 2.37. The third-order valence-electron chi connectivity index (χ3n) is 4.30. The molecular formula is C16H26N4O7. The van der Waals surface area contributed by atoms with Gasteiger partial charge in [-0.2, -0.15) is 0 Å². The second kappa shape index (κ2) is 9.86. The summed E-state index contributed by atoms with van der Waals surface area (Å²) < 4.78 is 0. The zero-order valence-electron chi connectivity index (χ0n) is 15.3. The Kier molecular flexibility index (Phi) is 8.16. The molecule has 4 atom stereocenters. The predicted molar refractivity (Wildman–Crippen MR) is 92.4 cm³/mol. The molecule has 1 rings (SSSR count). The van der Waals surface area contributed by atoms with Crippen LogP contribution in [0.2, 0.25) is 0 Å². The number of nitrogens with one attached hydrogen (secondary N) is 2. The first kappa shape index (κ1) is 22.4. The number of hydrogen-bond donors (Lipinski definition) is 5. The monoisotopic (exact) mass is 386 g/mol. The SMILES string of the molecule is CC(NC(=O)C1CCCN1C(=O)C(C)NC(=O)C(N)CCC(=O)O)C(=O)O. The highest BCUT2D eigenvalue weighted by Crippen LogP contribution is 2.19. The molecule has 1 aliphatic rings. The summed E-state index contributed by atoms with van der Waals surface area (Å²) in [7, 11) is 0. The third kappa shape index (κ3) is 6.51. The molecule has 6 N–H and O–H groups in total. The summed E-state index contributed by atoms with van der Waals surface area (Å²) in [5.74, 6) is -3.97. The maximum absolute atomic E-state index is 12.6. The van der Waals surface area contributed by atoms with Gasteiger partial charge in [-0.3, -0.25) is 24.0 Å². The van der Waals surface area contributed by atoms with Crippen molar-refractivity contribution in [3.05, 3.63) is 0 Å². The van der Waals surface area contributed by atoms with E-state index in [-0.39, 0.29) is 12.8 Å². The molecule has 0 bridgehead atoms. The minimum absolute atomic E-state index is 0.0656. The molecule has 4 unspecified atom stereocenters. The summed E-state index contributed by atoms with van der Waals surface area (Å²) in [6, 6.07) is -3.91. The molecule has 3 amide bonds. The van der Waals surface area contributed by atoms with Crippen LogP contribution in [0.25, 0.3) is 0 Å². The molecule has 11 nitrogen and oxygen atoms in total.